The van der Waals surface area contributed by atoms with Crippen LogP contribution in [0.5, 0.6) is 5.75 Å². The number of rotatable bonds is 7. The fourth-order valence-corrected chi connectivity index (χ4v) is 2.96. The van der Waals surface area contributed by atoms with Crippen molar-refractivity contribution < 1.29 is 9.53 Å². The van der Waals surface area contributed by atoms with Gasteiger partial charge in [0, 0.05) is 19.0 Å². The maximum atomic E-state index is 13.0. The Kier molecular flexibility index (Phi) is 6.09. The van der Waals surface area contributed by atoms with E-state index < -0.39 is 0 Å². The summed E-state index contributed by atoms with van der Waals surface area (Å²) in [4.78, 5) is 27.3. The zero-order chi connectivity index (χ0) is 20.1. The maximum Gasteiger partial charge on any atom is 0.274 e. The molecule has 3 rings (SSSR count). The van der Waals surface area contributed by atoms with E-state index in [1.54, 1.807) is 30.1 Å². The first kappa shape index (κ1) is 19.6. The summed E-state index contributed by atoms with van der Waals surface area (Å²) in [5.41, 5.74) is 0.119. The summed E-state index contributed by atoms with van der Waals surface area (Å²) in [6.07, 6.45) is 0. The van der Waals surface area contributed by atoms with Gasteiger partial charge < -0.3 is 9.64 Å². The molecular formula is C22H25N3O3. The molecule has 0 N–H and O–H groups in total. The normalized spacial score (nSPS) is 11.0. The lowest BCUT2D eigenvalue weighted by molar-refractivity contribution is 0.0767. The van der Waals surface area contributed by atoms with Crippen LogP contribution < -0.4 is 10.3 Å². The summed E-state index contributed by atoms with van der Waals surface area (Å²) < 4.78 is 7.07. The first-order chi connectivity index (χ1) is 13.5. The SMILES string of the molecule is CC(C)Cn1nc(C(=O)N(C)CCOc2ccccc2)c2ccccc2c1=O. The fraction of sp³-hybridized carbons (Fsp3) is 0.318. The van der Waals surface area contributed by atoms with Crippen LogP contribution in [0.3, 0.4) is 0 Å². The number of ether oxygens (including phenoxy) is 1. The molecule has 0 fully saturated rings. The second-order valence-electron chi connectivity index (χ2n) is 7.16. The Bertz CT molecular complexity index is 1010. The molecular weight excluding hydrogens is 354 g/mol. The largest absolute Gasteiger partial charge is 0.492 e. The Morgan fingerprint density at radius 2 is 1.71 bits per heavy atom. The molecule has 1 heterocycles. The molecule has 6 heteroatoms. The van der Waals surface area contributed by atoms with E-state index in [4.69, 9.17) is 4.74 Å². The number of carbonyl (C=O) groups excluding carboxylic acids is 1. The highest BCUT2D eigenvalue weighted by atomic mass is 16.5. The van der Waals surface area contributed by atoms with Gasteiger partial charge >= 0.3 is 0 Å². The topological polar surface area (TPSA) is 64.4 Å². The van der Waals surface area contributed by atoms with E-state index >= 15 is 0 Å². The molecule has 28 heavy (non-hydrogen) atoms. The standard InChI is InChI=1S/C22H25N3O3/c1-16(2)15-25-21(26)19-12-8-7-11-18(19)20(23-25)22(27)24(3)13-14-28-17-9-5-4-6-10-17/h4-12,16H,13-15H2,1-3H3. The third-order valence-corrected chi connectivity index (χ3v) is 4.39. The monoisotopic (exact) mass is 379 g/mol. The van der Waals surface area contributed by atoms with Gasteiger partial charge in [-0.2, -0.15) is 5.10 Å². The molecule has 0 radical (unpaired) electrons. The number of para-hydroxylation sites is 1. The summed E-state index contributed by atoms with van der Waals surface area (Å²) in [6, 6.07) is 16.6. The summed E-state index contributed by atoms with van der Waals surface area (Å²) >= 11 is 0. The van der Waals surface area contributed by atoms with Crippen LogP contribution in [0.1, 0.15) is 24.3 Å². The first-order valence-corrected chi connectivity index (χ1v) is 9.40. The zero-order valence-corrected chi connectivity index (χ0v) is 16.5. The van der Waals surface area contributed by atoms with E-state index in [1.807, 2.05) is 50.2 Å². The Morgan fingerprint density at radius 3 is 2.39 bits per heavy atom. The molecule has 0 aliphatic carbocycles. The van der Waals surface area contributed by atoms with Crippen molar-refractivity contribution in [3.63, 3.8) is 0 Å². The highest BCUT2D eigenvalue weighted by molar-refractivity contribution is 6.04. The number of likely N-dealkylation sites (N-methyl/N-ethyl adjacent to an activating group) is 1. The summed E-state index contributed by atoms with van der Waals surface area (Å²) in [7, 11) is 1.71. The number of carbonyl (C=O) groups is 1. The molecule has 0 saturated heterocycles. The van der Waals surface area contributed by atoms with E-state index in [0.29, 0.717) is 30.5 Å². The second kappa shape index (κ2) is 8.69. The van der Waals surface area contributed by atoms with Crippen molar-refractivity contribution in [3.8, 4) is 5.75 Å². The van der Waals surface area contributed by atoms with Gasteiger partial charge in [0.15, 0.2) is 5.69 Å². The van der Waals surface area contributed by atoms with Crippen LogP contribution in [0.15, 0.2) is 59.4 Å². The predicted molar refractivity (Wildman–Crippen MR) is 110 cm³/mol. The van der Waals surface area contributed by atoms with Crippen LogP contribution in [0.4, 0.5) is 0 Å². The molecule has 0 atom stereocenters. The third-order valence-electron chi connectivity index (χ3n) is 4.39. The van der Waals surface area contributed by atoms with Gasteiger partial charge in [0.2, 0.25) is 0 Å². The molecule has 146 valence electrons. The fourth-order valence-electron chi connectivity index (χ4n) is 2.96. The molecule has 3 aromatic rings. The zero-order valence-electron chi connectivity index (χ0n) is 16.5. The number of hydrogen-bond donors (Lipinski definition) is 0. The summed E-state index contributed by atoms with van der Waals surface area (Å²) in [5, 5.41) is 5.49. The molecule has 0 bridgehead atoms. The van der Waals surface area contributed by atoms with Crippen LogP contribution in [-0.4, -0.2) is 40.8 Å². The number of benzene rings is 2. The number of hydrogen-bond acceptors (Lipinski definition) is 4. The summed E-state index contributed by atoms with van der Waals surface area (Å²) in [6.45, 7) is 5.27. The lowest BCUT2D eigenvalue weighted by Crippen LogP contribution is -2.34. The van der Waals surface area contributed by atoms with Crippen molar-refractivity contribution >= 4 is 16.7 Å². The van der Waals surface area contributed by atoms with E-state index in [0.717, 1.165) is 5.75 Å². The number of amides is 1. The molecule has 0 aliphatic rings. The Hall–Kier alpha value is -3.15. The quantitative estimate of drug-likeness (QED) is 0.632. The molecule has 6 nitrogen and oxygen atoms in total. The van der Waals surface area contributed by atoms with Crippen molar-refractivity contribution in [1.29, 1.82) is 0 Å². The molecule has 0 saturated carbocycles. The van der Waals surface area contributed by atoms with Gasteiger partial charge in [0.25, 0.3) is 11.5 Å². The minimum atomic E-state index is -0.231. The number of aromatic nitrogens is 2. The van der Waals surface area contributed by atoms with Gasteiger partial charge in [-0.15, -0.1) is 0 Å². The smallest absolute Gasteiger partial charge is 0.274 e. The van der Waals surface area contributed by atoms with Gasteiger partial charge in [-0.1, -0.05) is 50.2 Å². The van der Waals surface area contributed by atoms with Crippen LogP contribution >= 0.6 is 0 Å². The van der Waals surface area contributed by atoms with Crippen molar-refractivity contribution in [1.82, 2.24) is 14.7 Å². The molecule has 1 aromatic heterocycles. The first-order valence-electron chi connectivity index (χ1n) is 9.40. The minimum absolute atomic E-state index is 0.170. The van der Waals surface area contributed by atoms with Crippen LogP contribution in [-0.2, 0) is 6.54 Å². The van der Waals surface area contributed by atoms with Crippen LogP contribution in [0.2, 0.25) is 0 Å². The second-order valence-corrected chi connectivity index (χ2v) is 7.16. The Balaban J connectivity index is 1.83. The highest BCUT2D eigenvalue weighted by Gasteiger charge is 2.20. The van der Waals surface area contributed by atoms with E-state index in [1.165, 1.54) is 4.68 Å². The Morgan fingerprint density at radius 1 is 1.07 bits per heavy atom. The van der Waals surface area contributed by atoms with Crippen molar-refractivity contribution in [3.05, 3.63) is 70.6 Å². The maximum absolute atomic E-state index is 13.0. The van der Waals surface area contributed by atoms with Gasteiger partial charge in [-0.25, -0.2) is 4.68 Å². The lowest BCUT2D eigenvalue weighted by atomic mass is 10.1. The molecule has 2 aromatic carbocycles. The molecule has 0 aliphatic heterocycles. The summed E-state index contributed by atoms with van der Waals surface area (Å²) in [5.74, 6) is 0.772. The van der Waals surface area contributed by atoms with Crippen LogP contribution in [0, 0.1) is 5.92 Å². The van der Waals surface area contributed by atoms with Crippen molar-refractivity contribution in [2.24, 2.45) is 5.92 Å². The minimum Gasteiger partial charge on any atom is -0.492 e. The van der Waals surface area contributed by atoms with Crippen molar-refractivity contribution in [2.45, 2.75) is 20.4 Å². The number of fused-ring (bicyclic) bond motifs is 1. The van der Waals surface area contributed by atoms with Gasteiger partial charge in [-0.3, -0.25) is 9.59 Å². The average Bonchev–Trinajstić information content (AvgIpc) is 2.70. The number of nitrogens with zero attached hydrogens (tertiary/aromatic N) is 3. The average molecular weight is 379 g/mol. The lowest BCUT2D eigenvalue weighted by Gasteiger charge is -2.19. The predicted octanol–water partition coefficient (Wildman–Crippen LogP) is 3.20. The molecule has 0 unspecified atom stereocenters. The van der Waals surface area contributed by atoms with E-state index in [2.05, 4.69) is 5.10 Å². The highest BCUT2D eigenvalue weighted by Crippen LogP contribution is 2.15. The van der Waals surface area contributed by atoms with Crippen molar-refractivity contribution in [2.75, 3.05) is 20.2 Å². The van der Waals surface area contributed by atoms with E-state index in [9.17, 15) is 9.59 Å². The third kappa shape index (κ3) is 4.39. The van der Waals surface area contributed by atoms with Gasteiger partial charge in [-0.05, 0) is 24.1 Å². The van der Waals surface area contributed by atoms with Gasteiger partial charge in [0.1, 0.15) is 12.4 Å². The van der Waals surface area contributed by atoms with E-state index in [-0.39, 0.29) is 23.1 Å². The molecule has 1 amide bonds. The van der Waals surface area contributed by atoms with Crippen LogP contribution in [0.25, 0.3) is 10.8 Å². The molecule has 0 spiro atoms. The van der Waals surface area contributed by atoms with Gasteiger partial charge in [0.05, 0.1) is 11.9 Å². The Labute approximate surface area is 164 Å².